The Morgan fingerprint density at radius 3 is 2.07 bits per heavy atom. The number of nitrogens with one attached hydrogen (secondary N) is 1. The highest BCUT2D eigenvalue weighted by Gasteiger charge is 2.17. The van der Waals surface area contributed by atoms with Gasteiger partial charge in [-0.05, 0) is 30.3 Å². The fourth-order valence-electron chi connectivity index (χ4n) is 2.48. The molecule has 0 fully saturated rings. The zero-order valence-electron chi connectivity index (χ0n) is 14.7. The summed E-state index contributed by atoms with van der Waals surface area (Å²) in [5, 5.41) is 13.5. The molecule has 3 aromatic rings. The van der Waals surface area contributed by atoms with Crippen LogP contribution in [0.4, 0.5) is 16.2 Å². The third kappa shape index (κ3) is 5.05. The molecule has 3 rings (SSSR count). The number of hydrogen-bond donors (Lipinski definition) is 2. The molecule has 0 radical (unpaired) electrons. The van der Waals surface area contributed by atoms with Crippen molar-refractivity contribution in [2.24, 2.45) is 12.1 Å². The van der Waals surface area contributed by atoms with Gasteiger partial charge in [0.25, 0.3) is 0 Å². The number of aryl methyl sites for hydroxylation is 1. The van der Waals surface area contributed by atoms with E-state index in [4.69, 9.17) is 0 Å². The second kappa shape index (κ2) is 9.35. The van der Waals surface area contributed by atoms with Crippen LogP contribution in [0.3, 0.4) is 0 Å². The van der Waals surface area contributed by atoms with Crippen LogP contribution in [0.1, 0.15) is 5.69 Å². The summed E-state index contributed by atoms with van der Waals surface area (Å²) < 4.78 is 1.71. The Bertz CT molecular complexity index is 878. The molecule has 0 saturated carbocycles. The lowest BCUT2D eigenvalue weighted by Gasteiger charge is -2.22. The first-order valence-electron chi connectivity index (χ1n) is 8.07. The Balaban J connectivity index is 0.00000261. The van der Waals surface area contributed by atoms with Crippen LogP contribution in [0.15, 0.2) is 84.1 Å². The predicted molar refractivity (Wildman–Crippen MR) is 100 cm³/mol. The van der Waals surface area contributed by atoms with Crippen LogP contribution in [0.25, 0.3) is 0 Å². The van der Waals surface area contributed by atoms with Gasteiger partial charge < -0.3 is 17.5 Å². The van der Waals surface area contributed by atoms with Crippen molar-refractivity contribution in [3.63, 3.8) is 0 Å². The van der Waals surface area contributed by atoms with Crippen LogP contribution >= 0.6 is 0 Å². The fraction of sp³-hybridized carbons (Fsp3) is 0.0500. The number of pyridine rings is 1. The van der Waals surface area contributed by atoms with Gasteiger partial charge in [0.15, 0.2) is 5.75 Å². The van der Waals surface area contributed by atoms with Gasteiger partial charge in [0, 0.05) is 6.07 Å². The predicted octanol–water partition coefficient (Wildman–Crippen LogP) is 0.102. The van der Waals surface area contributed by atoms with Gasteiger partial charge in [0.1, 0.15) is 13.3 Å². The van der Waals surface area contributed by atoms with Crippen molar-refractivity contribution in [2.75, 3.05) is 4.90 Å². The van der Waals surface area contributed by atoms with Crippen molar-refractivity contribution in [3.05, 3.63) is 84.7 Å². The Kier molecular flexibility index (Phi) is 6.91. The quantitative estimate of drug-likeness (QED) is 0.382. The van der Waals surface area contributed by atoms with E-state index in [2.05, 4.69) is 10.5 Å². The standard InChI is InChI=1S/C20H18N4O2.ClH/c1-23-15-19(25)13-12-18(23)14-21-22-20(26)24(16-8-4-2-5-9-16)17-10-6-3-7-11-17;/h2-15,25H,1H3;1H. The number of aromatic nitrogens is 1. The largest absolute Gasteiger partial charge is 1.00 e. The Morgan fingerprint density at radius 2 is 1.56 bits per heavy atom. The maximum atomic E-state index is 12.7. The monoisotopic (exact) mass is 382 g/mol. The van der Waals surface area contributed by atoms with E-state index in [9.17, 15) is 9.90 Å². The molecular formula is C20H19ClN4O2. The second-order valence-electron chi connectivity index (χ2n) is 5.60. The SMILES string of the molecule is C[n+]1cc(O)ccc1C=NNC(=O)N(c1ccccc1)c1ccccc1.[Cl-]. The minimum atomic E-state index is -0.375. The average molecular weight is 383 g/mol. The zero-order chi connectivity index (χ0) is 18.4. The molecule has 0 spiro atoms. The number of para-hydroxylation sites is 2. The van der Waals surface area contributed by atoms with Gasteiger partial charge in [-0.15, -0.1) is 0 Å². The molecule has 0 aliphatic heterocycles. The lowest BCUT2D eigenvalue weighted by molar-refractivity contribution is -0.672. The van der Waals surface area contributed by atoms with Crippen molar-refractivity contribution in [3.8, 4) is 5.75 Å². The first-order chi connectivity index (χ1) is 12.6. The van der Waals surface area contributed by atoms with E-state index in [0.29, 0.717) is 0 Å². The number of carbonyl (C=O) groups is 1. The van der Waals surface area contributed by atoms with E-state index in [1.54, 1.807) is 34.8 Å². The topological polar surface area (TPSA) is 68.8 Å². The molecule has 7 heteroatoms. The molecule has 2 amide bonds. The van der Waals surface area contributed by atoms with Crippen molar-refractivity contribution in [1.82, 2.24) is 5.43 Å². The number of benzene rings is 2. The smallest absolute Gasteiger partial charge is 0.346 e. The highest BCUT2D eigenvalue weighted by atomic mass is 35.5. The van der Waals surface area contributed by atoms with Crippen molar-refractivity contribution in [1.29, 1.82) is 0 Å². The number of nitrogens with zero attached hydrogens (tertiary/aromatic N) is 3. The maximum Gasteiger partial charge on any atom is 0.346 e. The summed E-state index contributed by atoms with van der Waals surface area (Å²) in [7, 11) is 1.78. The number of anilines is 2. The summed E-state index contributed by atoms with van der Waals surface area (Å²) in [4.78, 5) is 14.3. The molecule has 1 aromatic heterocycles. The number of aromatic hydroxyl groups is 1. The molecule has 0 saturated heterocycles. The van der Waals surface area contributed by atoms with E-state index < -0.39 is 0 Å². The number of rotatable bonds is 4. The van der Waals surface area contributed by atoms with Gasteiger partial charge in [-0.3, -0.25) is 4.90 Å². The number of halogens is 1. The summed E-state index contributed by atoms with van der Waals surface area (Å²) in [6.45, 7) is 0. The van der Waals surface area contributed by atoms with E-state index in [0.717, 1.165) is 17.1 Å². The molecular weight excluding hydrogens is 364 g/mol. The van der Waals surface area contributed by atoms with Crippen LogP contribution in [0.2, 0.25) is 0 Å². The van der Waals surface area contributed by atoms with Gasteiger partial charge in [-0.2, -0.15) is 9.67 Å². The summed E-state index contributed by atoms with van der Waals surface area (Å²) >= 11 is 0. The Hall–Kier alpha value is -3.38. The summed E-state index contributed by atoms with van der Waals surface area (Å²) in [5.41, 5.74) is 4.76. The van der Waals surface area contributed by atoms with E-state index in [1.807, 2.05) is 60.7 Å². The Labute approximate surface area is 163 Å². The molecule has 1 heterocycles. The fourth-order valence-corrected chi connectivity index (χ4v) is 2.48. The zero-order valence-corrected chi connectivity index (χ0v) is 15.4. The van der Waals surface area contributed by atoms with Crippen molar-refractivity contribution >= 4 is 23.6 Å². The van der Waals surface area contributed by atoms with Gasteiger partial charge in [0.2, 0.25) is 11.9 Å². The van der Waals surface area contributed by atoms with Crippen LogP contribution < -0.4 is 27.3 Å². The molecule has 0 aliphatic rings. The van der Waals surface area contributed by atoms with E-state index in [1.165, 1.54) is 6.21 Å². The van der Waals surface area contributed by atoms with E-state index >= 15 is 0 Å². The number of amides is 2. The molecule has 2 N–H and O–H groups in total. The lowest BCUT2D eigenvalue weighted by Crippen LogP contribution is -3.00. The average Bonchev–Trinajstić information content (AvgIpc) is 2.65. The molecule has 2 aromatic carbocycles. The Morgan fingerprint density at radius 1 is 1.00 bits per heavy atom. The number of hydrogen-bond acceptors (Lipinski definition) is 3. The van der Waals surface area contributed by atoms with Gasteiger partial charge in [-0.25, -0.2) is 10.2 Å². The minimum absolute atomic E-state index is 0. The molecule has 138 valence electrons. The first kappa shape index (κ1) is 19.9. The summed E-state index contributed by atoms with van der Waals surface area (Å²) in [6, 6.07) is 21.6. The maximum absolute atomic E-state index is 12.7. The minimum Gasteiger partial charge on any atom is -1.00 e. The lowest BCUT2D eigenvalue weighted by atomic mass is 10.2. The molecule has 0 bridgehead atoms. The highest BCUT2D eigenvalue weighted by molar-refractivity contribution is 5.99. The molecule has 6 nitrogen and oxygen atoms in total. The number of hydrazone groups is 1. The van der Waals surface area contributed by atoms with Crippen LogP contribution in [-0.4, -0.2) is 17.4 Å². The number of carbonyl (C=O) groups excluding carboxylic acids is 1. The normalized spacial score (nSPS) is 10.3. The second-order valence-corrected chi connectivity index (χ2v) is 5.60. The third-order valence-corrected chi connectivity index (χ3v) is 3.75. The molecule has 0 unspecified atom stereocenters. The van der Waals surface area contributed by atoms with Gasteiger partial charge in [0.05, 0.1) is 11.4 Å². The van der Waals surface area contributed by atoms with Crippen LogP contribution in [0, 0.1) is 0 Å². The molecule has 27 heavy (non-hydrogen) atoms. The summed E-state index contributed by atoms with van der Waals surface area (Å²) in [5.74, 6) is 0.160. The van der Waals surface area contributed by atoms with Gasteiger partial charge >= 0.3 is 6.03 Å². The molecule has 0 aliphatic carbocycles. The van der Waals surface area contributed by atoms with Gasteiger partial charge in [-0.1, -0.05) is 36.4 Å². The van der Waals surface area contributed by atoms with E-state index in [-0.39, 0.29) is 24.2 Å². The summed E-state index contributed by atoms with van der Waals surface area (Å²) in [6.07, 6.45) is 3.08. The third-order valence-electron chi connectivity index (χ3n) is 3.75. The van der Waals surface area contributed by atoms with Crippen molar-refractivity contribution in [2.45, 2.75) is 0 Å². The van der Waals surface area contributed by atoms with Crippen molar-refractivity contribution < 1.29 is 26.9 Å². The molecule has 0 atom stereocenters. The highest BCUT2D eigenvalue weighted by Crippen LogP contribution is 2.24. The first-order valence-corrected chi connectivity index (χ1v) is 8.07. The van der Waals surface area contributed by atoms with Crippen LogP contribution in [0.5, 0.6) is 5.75 Å². The number of urea groups is 1. The van der Waals surface area contributed by atoms with Crippen LogP contribution in [-0.2, 0) is 7.05 Å².